The van der Waals surface area contributed by atoms with Gasteiger partial charge in [-0.15, -0.1) is 10.2 Å². The molecule has 27 heavy (non-hydrogen) atoms. The Labute approximate surface area is 151 Å². The maximum absolute atomic E-state index is 13.5. The van der Waals surface area contributed by atoms with Gasteiger partial charge in [-0.1, -0.05) is 6.07 Å². The number of nitrogens with two attached hydrogens (primary N) is 1. The van der Waals surface area contributed by atoms with Crippen molar-refractivity contribution in [3.05, 3.63) is 62.1 Å². The normalized spacial score (nSPS) is 11.3. The first kappa shape index (κ1) is 18.7. The molecule has 1 aromatic carbocycles. The molecule has 0 aliphatic rings. The molecule has 2 heterocycles. The zero-order valence-corrected chi connectivity index (χ0v) is 14.4. The van der Waals surface area contributed by atoms with Crippen LogP contribution in [0.25, 0.3) is 11.2 Å². The van der Waals surface area contributed by atoms with E-state index in [0.717, 1.165) is 21.3 Å². The first-order valence-electron chi connectivity index (χ1n) is 8.10. The predicted molar refractivity (Wildman–Crippen MR) is 93.1 cm³/mol. The van der Waals surface area contributed by atoms with E-state index in [2.05, 4.69) is 20.5 Å². The first-order valence-corrected chi connectivity index (χ1v) is 8.10. The van der Waals surface area contributed by atoms with Crippen molar-refractivity contribution in [2.24, 2.45) is 12.8 Å². The SMILES string of the molecule is Cn1c(=O)c2nc(CNCCN)nnc2n(Cc2ccc(F)c(F)c2)c1=O. The largest absolute Gasteiger partial charge is 0.332 e. The molecule has 0 amide bonds. The lowest BCUT2D eigenvalue weighted by Gasteiger charge is -2.11. The van der Waals surface area contributed by atoms with E-state index in [1.54, 1.807) is 0 Å². The molecule has 11 heteroatoms. The molecular weight excluding hydrogens is 360 g/mol. The van der Waals surface area contributed by atoms with E-state index < -0.39 is 22.9 Å². The van der Waals surface area contributed by atoms with Gasteiger partial charge in [0.2, 0.25) is 0 Å². The van der Waals surface area contributed by atoms with Gasteiger partial charge in [-0.2, -0.15) is 0 Å². The Balaban J connectivity index is 2.10. The Hall–Kier alpha value is -3.05. The molecule has 0 spiro atoms. The molecule has 9 nitrogen and oxygen atoms in total. The van der Waals surface area contributed by atoms with E-state index in [0.29, 0.717) is 18.7 Å². The molecule has 2 aromatic heterocycles. The molecule has 0 radical (unpaired) electrons. The molecule has 3 rings (SSSR count). The molecule has 3 N–H and O–H groups in total. The minimum Gasteiger partial charge on any atom is -0.329 e. The summed E-state index contributed by atoms with van der Waals surface area (Å²) in [4.78, 5) is 29.1. The zero-order valence-electron chi connectivity index (χ0n) is 14.4. The van der Waals surface area contributed by atoms with Crippen LogP contribution in [0.5, 0.6) is 0 Å². The van der Waals surface area contributed by atoms with E-state index in [1.807, 2.05) is 0 Å². The van der Waals surface area contributed by atoms with Crippen molar-refractivity contribution in [1.82, 2.24) is 29.6 Å². The van der Waals surface area contributed by atoms with Crippen molar-refractivity contribution >= 4 is 11.2 Å². The minimum absolute atomic E-state index is 0.0320. The summed E-state index contributed by atoms with van der Waals surface area (Å²) in [6.07, 6.45) is 0. The van der Waals surface area contributed by atoms with Gasteiger partial charge in [0.1, 0.15) is 0 Å². The Bertz CT molecular complexity index is 1110. The fraction of sp³-hybridized carbons (Fsp3) is 0.312. The van der Waals surface area contributed by atoms with Gasteiger partial charge in [-0.25, -0.2) is 18.6 Å². The van der Waals surface area contributed by atoms with Gasteiger partial charge in [0.15, 0.2) is 28.6 Å². The third-order valence-corrected chi connectivity index (χ3v) is 3.92. The predicted octanol–water partition coefficient (Wildman–Crippen LogP) is -0.740. The van der Waals surface area contributed by atoms with Crippen LogP contribution in [0.15, 0.2) is 27.8 Å². The molecular formula is C16H17F2N7O2. The maximum atomic E-state index is 13.5. The topological polar surface area (TPSA) is 121 Å². The van der Waals surface area contributed by atoms with Crippen LogP contribution in [0.3, 0.4) is 0 Å². The second kappa shape index (κ2) is 7.68. The summed E-state index contributed by atoms with van der Waals surface area (Å²) < 4.78 is 28.6. The number of hydrogen-bond acceptors (Lipinski definition) is 7. The van der Waals surface area contributed by atoms with Crippen LogP contribution < -0.4 is 22.3 Å². The minimum atomic E-state index is -1.04. The Morgan fingerprint density at radius 3 is 2.67 bits per heavy atom. The first-order chi connectivity index (χ1) is 12.9. The summed E-state index contributed by atoms with van der Waals surface area (Å²) in [6, 6.07) is 3.28. The van der Waals surface area contributed by atoms with Crippen molar-refractivity contribution in [3.8, 4) is 0 Å². The molecule has 0 bridgehead atoms. The number of rotatable bonds is 6. The summed E-state index contributed by atoms with van der Waals surface area (Å²) >= 11 is 0. The third kappa shape index (κ3) is 3.73. The van der Waals surface area contributed by atoms with Crippen molar-refractivity contribution < 1.29 is 8.78 Å². The summed E-state index contributed by atoms with van der Waals surface area (Å²) in [5.41, 5.74) is 4.36. The van der Waals surface area contributed by atoms with E-state index in [1.165, 1.54) is 13.1 Å². The summed E-state index contributed by atoms with van der Waals surface area (Å²) in [5, 5.41) is 10.9. The quantitative estimate of drug-likeness (QED) is 0.543. The zero-order chi connectivity index (χ0) is 19.6. The molecule has 0 fully saturated rings. The lowest BCUT2D eigenvalue weighted by atomic mass is 10.2. The highest BCUT2D eigenvalue weighted by atomic mass is 19.2. The fourth-order valence-electron chi connectivity index (χ4n) is 2.54. The molecule has 0 aliphatic heterocycles. The highest BCUT2D eigenvalue weighted by molar-refractivity contribution is 5.68. The van der Waals surface area contributed by atoms with Crippen molar-refractivity contribution in [2.75, 3.05) is 13.1 Å². The van der Waals surface area contributed by atoms with Gasteiger partial charge in [0, 0.05) is 20.1 Å². The average Bonchev–Trinajstić information content (AvgIpc) is 2.66. The van der Waals surface area contributed by atoms with E-state index in [4.69, 9.17) is 5.73 Å². The second-order valence-corrected chi connectivity index (χ2v) is 5.85. The Kier molecular flexibility index (Phi) is 5.33. The molecule has 3 aromatic rings. The van der Waals surface area contributed by atoms with Crippen molar-refractivity contribution in [1.29, 1.82) is 0 Å². The van der Waals surface area contributed by atoms with Gasteiger partial charge in [-0.05, 0) is 17.7 Å². The van der Waals surface area contributed by atoms with Gasteiger partial charge < -0.3 is 11.1 Å². The monoisotopic (exact) mass is 377 g/mol. The van der Waals surface area contributed by atoms with E-state index in [9.17, 15) is 18.4 Å². The Morgan fingerprint density at radius 2 is 1.96 bits per heavy atom. The number of nitrogens with one attached hydrogen (secondary N) is 1. The lowest BCUT2D eigenvalue weighted by Crippen LogP contribution is -2.39. The number of benzene rings is 1. The third-order valence-electron chi connectivity index (χ3n) is 3.92. The van der Waals surface area contributed by atoms with Gasteiger partial charge in [0.05, 0.1) is 13.1 Å². The van der Waals surface area contributed by atoms with Gasteiger partial charge in [-0.3, -0.25) is 13.9 Å². The van der Waals surface area contributed by atoms with Crippen molar-refractivity contribution in [2.45, 2.75) is 13.1 Å². The molecule has 0 aliphatic carbocycles. The molecule has 0 saturated carbocycles. The van der Waals surface area contributed by atoms with Crippen LogP contribution in [-0.4, -0.2) is 37.4 Å². The van der Waals surface area contributed by atoms with Crippen LogP contribution in [0, 0.1) is 11.6 Å². The number of hydrogen-bond donors (Lipinski definition) is 2. The fourth-order valence-corrected chi connectivity index (χ4v) is 2.54. The standard InChI is InChI=1S/C16H17F2N7O2/c1-24-15(26)13-14(23-22-12(21-13)7-20-5-4-19)25(16(24)27)8-9-2-3-10(17)11(18)6-9/h2-3,6,20H,4-5,7-8,19H2,1H3. The molecule has 0 atom stereocenters. The van der Waals surface area contributed by atoms with Crippen LogP contribution in [-0.2, 0) is 20.1 Å². The second-order valence-electron chi connectivity index (χ2n) is 5.85. The summed E-state index contributed by atoms with van der Waals surface area (Å²) in [6.45, 7) is 1.10. The molecule has 0 saturated heterocycles. The maximum Gasteiger partial charge on any atom is 0.332 e. The van der Waals surface area contributed by atoms with E-state index >= 15 is 0 Å². The van der Waals surface area contributed by atoms with Crippen LogP contribution in [0.1, 0.15) is 11.4 Å². The molecule has 142 valence electrons. The van der Waals surface area contributed by atoms with E-state index in [-0.39, 0.29) is 30.1 Å². The van der Waals surface area contributed by atoms with Crippen molar-refractivity contribution in [3.63, 3.8) is 0 Å². The molecule has 0 unspecified atom stereocenters. The summed E-state index contributed by atoms with van der Waals surface area (Å²) in [7, 11) is 1.31. The van der Waals surface area contributed by atoms with Gasteiger partial charge in [0.25, 0.3) is 5.56 Å². The smallest absolute Gasteiger partial charge is 0.329 e. The highest BCUT2D eigenvalue weighted by Gasteiger charge is 2.16. The van der Waals surface area contributed by atoms with Crippen LogP contribution >= 0.6 is 0 Å². The van der Waals surface area contributed by atoms with Gasteiger partial charge >= 0.3 is 5.69 Å². The average molecular weight is 377 g/mol. The van der Waals surface area contributed by atoms with Crippen LogP contribution in [0.2, 0.25) is 0 Å². The number of halogens is 2. The number of aromatic nitrogens is 5. The Morgan fingerprint density at radius 1 is 1.19 bits per heavy atom. The van der Waals surface area contributed by atoms with Crippen LogP contribution in [0.4, 0.5) is 8.78 Å². The highest BCUT2D eigenvalue weighted by Crippen LogP contribution is 2.11. The number of nitrogens with zero attached hydrogens (tertiary/aromatic N) is 5. The summed E-state index contributed by atoms with van der Waals surface area (Å²) in [5.74, 6) is -1.76. The lowest BCUT2D eigenvalue weighted by molar-refractivity contribution is 0.506. The number of fused-ring (bicyclic) bond motifs is 1.